The van der Waals surface area contributed by atoms with Crippen LogP contribution in [-0.2, 0) is 13.1 Å². The molecule has 1 rings (SSSR count). The van der Waals surface area contributed by atoms with Crippen molar-refractivity contribution in [1.29, 1.82) is 0 Å². The minimum Gasteiger partial charge on any atom is -0.396 e. The van der Waals surface area contributed by atoms with E-state index in [0.717, 1.165) is 25.3 Å². The van der Waals surface area contributed by atoms with Gasteiger partial charge in [0.05, 0.1) is 6.54 Å². The Morgan fingerprint density at radius 3 is 3.00 bits per heavy atom. The van der Waals surface area contributed by atoms with Gasteiger partial charge in [-0.25, -0.2) is 9.67 Å². The summed E-state index contributed by atoms with van der Waals surface area (Å²) in [4.78, 5) is 4.19. The fourth-order valence-corrected chi connectivity index (χ4v) is 1.33. The number of aliphatic hydroxyl groups excluding tert-OH is 1. The lowest BCUT2D eigenvalue weighted by Gasteiger charge is -2.08. The molecule has 1 heterocycles. The number of hydrogen-bond donors (Lipinski definition) is 2. The van der Waals surface area contributed by atoms with Crippen LogP contribution < -0.4 is 5.32 Å². The summed E-state index contributed by atoms with van der Waals surface area (Å²) in [6, 6.07) is 0. The van der Waals surface area contributed by atoms with Crippen LogP contribution in [-0.4, -0.2) is 33.0 Å². The van der Waals surface area contributed by atoms with Gasteiger partial charge in [0.25, 0.3) is 0 Å². The summed E-state index contributed by atoms with van der Waals surface area (Å²) < 4.78 is 1.93. The van der Waals surface area contributed by atoms with E-state index in [-0.39, 0.29) is 6.61 Å². The molecule has 0 unspecified atom stereocenters. The number of nitrogens with one attached hydrogen (secondary N) is 1. The molecular weight excluding hydrogens is 192 g/mol. The quantitative estimate of drug-likeness (QED) is 0.642. The Balaban J connectivity index is 2.36. The Morgan fingerprint density at radius 2 is 2.33 bits per heavy atom. The smallest absolute Gasteiger partial charge is 0.140 e. The molecule has 0 bridgehead atoms. The molecule has 0 aliphatic carbocycles. The van der Waals surface area contributed by atoms with E-state index in [4.69, 9.17) is 5.11 Å². The molecule has 2 N–H and O–H groups in total. The summed E-state index contributed by atoms with van der Waals surface area (Å²) in [5.41, 5.74) is 0. The minimum absolute atomic E-state index is 0.228. The first-order valence-corrected chi connectivity index (χ1v) is 5.42. The number of nitrogens with zero attached hydrogens (tertiary/aromatic N) is 3. The van der Waals surface area contributed by atoms with Crippen LogP contribution in [0.25, 0.3) is 0 Å². The van der Waals surface area contributed by atoms with Crippen molar-refractivity contribution >= 4 is 0 Å². The van der Waals surface area contributed by atoms with Gasteiger partial charge in [-0.15, -0.1) is 0 Å². The van der Waals surface area contributed by atoms with Crippen molar-refractivity contribution in [3.05, 3.63) is 12.2 Å². The average Bonchev–Trinajstić information content (AvgIpc) is 2.59. The van der Waals surface area contributed by atoms with Gasteiger partial charge >= 0.3 is 0 Å². The van der Waals surface area contributed by atoms with Crippen molar-refractivity contribution in [2.75, 3.05) is 13.2 Å². The largest absolute Gasteiger partial charge is 0.396 e. The highest BCUT2D eigenvalue weighted by atomic mass is 16.3. The van der Waals surface area contributed by atoms with E-state index < -0.39 is 0 Å². The molecule has 0 saturated heterocycles. The molecule has 86 valence electrons. The van der Waals surface area contributed by atoms with Gasteiger partial charge in [0.15, 0.2) is 0 Å². The first-order chi connectivity index (χ1) is 7.24. The molecule has 5 nitrogen and oxygen atoms in total. The molecule has 0 radical (unpaired) electrons. The molecule has 0 saturated carbocycles. The van der Waals surface area contributed by atoms with Crippen LogP contribution in [0, 0.1) is 5.92 Å². The lowest BCUT2D eigenvalue weighted by Crippen LogP contribution is -2.20. The maximum absolute atomic E-state index is 8.62. The molecule has 15 heavy (non-hydrogen) atoms. The molecule has 0 amide bonds. The highest BCUT2D eigenvalue weighted by Gasteiger charge is 2.04. The summed E-state index contributed by atoms with van der Waals surface area (Å²) in [6.45, 7) is 6.97. The molecule has 1 aromatic heterocycles. The number of hydrogen-bond acceptors (Lipinski definition) is 4. The Bertz CT molecular complexity index is 272. The molecule has 0 aromatic carbocycles. The number of rotatable bonds is 7. The second kappa shape index (κ2) is 6.53. The Morgan fingerprint density at radius 1 is 1.53 bits per heavy atom. The van der Waals surface area contributed by atoms with Gasteiger partial charge in [-0.3, -0.25) is 0 Å². The topological polar surface area (TPSA) is 63.0 Å². The molecule has 0 aliphatic heterocycles. The first-order valence-electron chi connectivity index (χ1n) is 5.42. The maximum Gasteiger partial charge on any atom is 0.140 e. The van der Waals surface area contributed by atoms with Gasteiger partial charge in [0, 0.05) is 13.2 Å². The molecular formula is C10H20N4O. The highest BCUT2D eigenvalue weighted by molar-refractivity contribution is 4.83. The van der Waals surface area contributed by atoms with E-state index in [2.05, 4.69) is 29.2 Å². The molecule has 0 atom stereocenters. The van der Waals surface area contributed by atoms with E-state index in [9.17, 15) is 0 Å². The Labute approximate surface area is 90.5 Å². The zero-order valence-electron chi connectivity index (χ0n) is 9.48. The van der Waals surface area contributed by atoms with Crippen molar-refractivity contribution < 1.29 is 5.11 Å². The summed E-state index contributed by atoms with van der Waals surface area (Å²) in [7, 11) is 0. The van der Waals surface area contributed by atoms with E-state index in [1.807, 2.05) is 4.68 Å². The summed E-state index contributed by atoms with van der Waals surface area (Å²) in [5.74, 6) is 1.53. The second-order valence-corrected chi connectivity index (χ2v) is 4.01. The predicted molar refractivity (Wildman–Crippen MR) is 58.3 cm³/mol. The lowest BCUT2D eigenvalue weighted by atomic mass is 10.2. The summed E-state index contributed by atoms with van der Waals surface area (Å²) in [6.07, 6.45) is 2.36. The van der Waals surface area contributed by atoms with Gasteiger partial charge in [-0.1, -0.05) is 13.8 Å². The second-order valence-electron chi connectivity index (χ2n) is 4.01. The van der Waals surface area contributed by atoms with Crippen LogP contribution in [0.2, 0.25) is 0 Å². The van der Waals surface area contributed by atoms with Crippen molar-refractivity contribution in [1.82, 2.24) is 20.1 Å². The van der Waals surface area contributed by atoms with Crippen molar-refractivity contribution in [2.24, 2.45) is 5.92 Å². The van der Waals surface area contributed by atoms with Crippen LogP contribution >= 0.6 is 0 Å². The third-order valence-corrected chi connectivity index (χ3v) is 2.03. The van der Waals surface area contributed by atoms with Crippen molar-refractivity contribution in [3.8, 4) is 0 Å². The fraction of sp³-hybridized carbons (Fsp3) is 0.800. The Hall–Kier alpha value is -0.940. The van der Waals surface area contributed by atoms with Gasteiger partial charge in [0.1, 0.15) is 12.2 Å². The Kier molecular flexibility index (Phi) is 5.28. The van der Waals surface area contributed by atoms with Crippen LogP contribution in [0.5, 0.6) is 0 Å². The summed E-state index contributed by atoms with van der Waals surface area (Å²) in [5, 5.41) is 16.0. The molecule has 1 aromatic rings. The van der Waals surface area contributed by atoms with E-state index in [1.54, 1.807) is 6.33 Å². The number of aliphatic hydroxyl groups is 1. The average molecular weight is 212 g/mol. The van der Waals surface area contributed by atoms with E-state index >= 15 is 0 Å². The number of aromatic nitrogens is 3. The third-order valence-electron chi connectivity index (χ3n) is 2.03. The van der Waals surface area contributed by atoms with Crippen molar-refractivity contribution in [2.45, 2.75) is 33.4 Å². The SMILES string of the molecule is CC(C)Cn1ncnc1CNCCCO. The monoisotopic (exact) mass is 212 g/mol. The molecule has 5 heteroatoms. The standard InChI is InChI=1S/C10H20N4O/c1-9(2)7-14-10(12-8-13-14)6-11-4-3-5-15/h8-9,11,15H,3-7H2,1-2H3. The highest BCUT2D eigenvalue weighted by Crippen LogP contribution is 2.00. The van der Waals surface area contributed by atoms with Gasteiger partial charge in [-0.2, -0.15) is 5.10 Å². The molecule has 0 fully saturated rings. The first kappa shape index (κ1) is 12.1. The zero-order valence-corrected chi connectivity index (χ0v) is 9.48. The minimum atomic E-state index is 0.228. The van der Waals surface area contributed by atoms with E-state index in [1.165, 1.54) is 0 Å². The van der Waals surface area contributed by atoms with Gasteiger partial charge < -0.3 is 10.4 Å². The zero-order chi connectivity index (χ0) is 11.1. The van der Waals surface area contributed by atoms with Gasteiger partial charge in [-0.05, 0) is 18.9 Å². The predicted octanol–water partition coefficient (Wildman–Crippen LogP) is 0.406. The van der Waals surface area contributed by atoms with Crippen LogP contribution in [0.1, 0.15) is 26.1 Å². The lowest BCUT2D eigenvalue weighted by molar-refractivity contribution is 0.285. The molecule has 0 spiro atoms. The normalized spacial score (nSPS) is 11.2. The van der Waals surface area contributed by atoms with Crippen LogP contribution in [0.4, 0.5) is 0 Å². The molecule has 0 aliphatic rings. The summed E-state index contributed by atoms with van der Waals surface area (Å²) >= 11 is 0. The van der Waals surface area contributed by atoms with E-state index in [0.29, 0.717) is 12.5 Å². The fourth-order valence-electron chi connectivity index (χ4n) is 1.33. The third kappa shape index (κ3) is 4.40. The van der Waals surface area contributed by atoms with Crippen LogP contribution in [0.3, 0.4) is 0 Å². The maximum atomic E-state index is 8.62. The van der Waals surface area contributed by atoms with Crippen LogP contribution in [0.15, 0.2) is 6.33 Å². The van der Waals surface area contributed by atoms with Crippen molar-refractivity contribution in [3.63, 3.8) is 0 Å². The van der Waals surface area contributed by atoms with Gasteiger partial charge in [0.2, 0.25) is 0 Å².